The van der Waals surface area contributed by atoms with Gasteiger partial charge in [-0.3, -0.25) is 23.7 Å². The van der Waals surface area contributed by atoms with Gasteiger partial charge in [-0.1, -0.05) is 0 Å². The Morgan fingerprint density at radius 1 is 1.15 bits per heavy atom. The van der Waals surface area contributed by atoms with Crippen molar-refractivity contribution >= 4 is 29.4 Å². The number of phosphoric acid groups is 3. The van der Waals surface area contributed by atoms with E-state index in [9.17, 15) is 43.0 Å². The molecule has 0 radical (unpaired) electrons. The van der Waals surface area contributed by atoms with Crippen LogP contribution in [0.25, 0.3) is 0 Å². The monoisotopic (exact) mass is 552 g/mol. The molecule has 1 aromatic heterocycles. The van der Waals surface area contributed by atoms with E-state index in [0.29, 0.717) is 0 Å². The van der Waals surface area contributed by atoms with Crippen molar-refractivity contribution in [3.8, 4) is 0 Å². The van der Waals surface area contributed by atoms with E-state index in [1.807, 2.05) is 4.98 Å². The Morgan fingerprint density at radius 2 is 1.76 bits per heavy atom. The molecule has 2 aliphatic rings. The lowest BCUT2D eigenvalue weighted by molar-refractivity contribution is -0.139. The molecule has 2 saturated heterocycles. The maximum Gasteiger partial charge on any atom is 0.492 e. The van der Waals surface area contributed by atoms with E-state index in [0.717, 1.165) is 25.0 Å². The summed E-state index contributed by atoms with van der Waals surface area (Å²) in [4.78, 5) is 56.3. The molecule has 3 heterocycles. The molecule has 0 amide bonds. The molecule has 3 rings (SSSR count). The summed E-state index contributed by atoms with van der Waals surface area (Å²) in [7, 11) is -13.5. The molecule has 6 atom stereocenters. The van der Waals surface area contributed by atoms with Gasteiger partial charge in [0.1, 0.15) is 18.3 Å². The fourth-order valence-electron chi connectivity index (χ4n) is 3.04. The molecule has 21 heteroatoms. The number of aromatic amines is 1. The number of carbonyl (C=O) groups is 1. The van der Waals surface area contributed by atoms with E-state index in [1.54, 1.807) is 0 Å². The molecule has 0 aliphatic carbocycles. The molecule has 0 spiro atoms. The first-order chi connectivity index (χ1) is 15.7. The summed E-state index contributed by atoms with van der Waals surface area (Å²) >= 11 is 0. The first-order valence-corrected chi connectivity index (χ1v) is 13.5. The molecule has 0 saturated carbocycles. The van der Waals surface area contributed by atoms with Gasteiger partial charge in [0.25, 0.3) is 5.56 Å². The smallest absolute Gasteiger partial charge is 0.469 e. The van der Waals surface area contributed by atoms with Crippen LogP contribution in [-0.4, -0.2) is 69.6 Å². The zero-order valence-electron chi connectivity index (χ0n) is 17.2. The van der Waals surface area contributed by atoms with Gasteiger partial charge in [0.05, 0.1) is 20.1 Å². The third-order valence-electron chi connectivity index (χ3n) is 4.47. The average Bonchev–Trinajstić information content (AvgIpc) is 3.00. The number of nitrogens with zero attached hydrogens (tertiary/aromatic N) is 1. The van der Waals surface area contributed by atoms with Crippen LogP contribution in [0.3, 0.4) is 0 Å². The number of rotatable bonds is 7. The van der Waals surface area contributed by atoms with E-state index in [4.69, 9.17) is 14.0 Å². The fourth-order valence-corrected chi connectivity index (χ4v) is 7.98. The third kappa shape index (κ3) is 5.99. The lowest BCUT2D eigenvalue weighted by Crippen LogP contribution is -2.40. The molecular formula is C13H19N2O16P3. The highest BCUT2D eigenvalue weighted by Crippen LogP contribution is 2.80. The Labute approximate surface area is 189 Å². The number of aromatic nitrogens is 2. The third-order valence-corrected chi connectivity index (χ3v) is 9.84. The summed E-state index contributed by atoms with van der Waals surface area (Å²) in [6, 6.07) is 0. The maximum atomic E-state index is 12.4. The molecule has 2 aliphatic heterocycles. The maximum absolute atomic E-state index is 12.4. The molecule has 18 nitrogen and oxygen atoms in total. The predicted octanol–water partition coefficient (Wildman–Crippen LogP) is -1.09. The van der Waals surface area contributed by atoms with E-state index in [2.05, 4.69) is 17.7 Å². The van der Waals surface area contributed by atoms with Gasteiger partial charge < -0.3 is 29.1 Å². The number of methoxy groups -OCH3 is 2. The van der Waals surface area contributed by atoms with Crippen molar-refractivity contribution in [3.63, 3.8) is 0 Å². The van der Waals surface area contributed by atoms with Crippen molar-refractivity contribution in [2.45, 2.75) is 31.0 Å². The van der Waals surface area contributed by atoms with Gasteiger partial charge in [-0.25, -0.2) is 18.5 Å². The van der Waals surface area contributed by atoms with Crippen molar-refractivity contribution in [2.75, 3.05) is 20.8 Å². The highest BCUT2D eigenvalue weighted by Gasteiger charge is 2.55. The van der Waals surface area contributed by atoms with Crippen LogP contribution < -0.4 is 11.2 Å². The van der Waals surface area contributed by atoms with Crippen molar-refractivity contribution in [2.24, 2.45) is 0 Å². The number of aliphatic hydroxyl groups is 1. The Hall–Kier alpha value is -1.52. The molecule has 192 valence electrons. The minimum atomic E-state index is -5.29. The summed E-state index contributed by atoms with van der Waals surface area (Å²) in [5.74, 6) is -0.777. The second kappa shape index (κ2) is 9.85. The molecule has 0 bridgehead atoms. The predicted molar refractivity (Wildman–Crippen MR) is 104 cm³/mol. The molecule has 2 unspecified atom stereocenters. The summed E-state index contributed by atoms with van der Waals surface area (Å²) in [6.07, 6.45) is -5.26. The van der Waals surface area contributed by atoms with E-state index in [1.165, 1.54) is 0 Å². The van der Waals surface area contributed by atoms with Crippen molar-refractivity contribution in [3.05, 3.63) is 32.6 Å². The van der Waals surface area contributed by atoms with Crippen LogP contribution in [0, 0.1) is 0 Å². The number of esters is 1. The number of ether oxygens (including phenoxy) is 3. The number of hydrogen-bond acceptors (Lipinski definition) is 14. The van der Waals surface area contributed by atoms with Crippen LogP contribution >= 0.6 is 23.5 Å². The molecule has 34 heavy (non-hydrogen) atoms. The van der Waals surface area contributed by atoms with E-state index in [-0.39, 0.29) is 5.56 Å². The minimum Gasteiger partial charge on any atom is -0.469 e. The quantitative estimate of drug-likeness (QED) is 0.232. The number of hydrogen-bond donors (Lipinski definition) is 4. The summed E-state index contributed by atoms with van der Waals surface area (Å²) in [5.41, 5.74) is -2.04. The number of H-pyrrole nitrogens is 1. The second-order valence-corrected chi connectivity index (χ2v) is 11.7. The van der Waals surface area contributed by atoms with Crippen LogP contribution in [0.15, 0.2) is 15.8 Å². The normalized spacial score (nSPS) is 38.0. The molecule has 0 aromatic carbocycles. The van der Waals surface area contributed by atoms with Crippen LogP contribution in [0.2, 0.25) is 0 Å². The lowest BCUT2D eigenvalue weighted by atomic mass is 10.1. The number of aliphatic hydroxyl groups excluding tert-OH is 1. The van der Waals surface area contributed by atoms with Gasteiger partial charge in [0.2, 0.25) is 0 Å². The van der Waals surface area contributed by atoms with Gasteiger partial charge in [-0.05, 0) is 0 Å². The zero-order chi connectivity index (χ0) is 25.5. The van der Waals surface area contributed by atoms with Gasteiger partial charge >= 0.3 is 35.1 Å². The van der Waals surface area contributed by atoms with E-state index < -0.39 is 78.3 Å². The standard InChI is InChI=1S/C13H19N2O16P3/c1-25-8(16)3-6-4-15(13(19)14-11(6)18)12-10(26-2)9(17)7(28-12)5-27-34(24)30-32(20,21)29-33(22,23)31-34/h4,7,9-10,12,17H,3,5H2,1-2H3,(H,20,21)(H,22,23)(H,14,18,19)/t7-,9+,10+,12-/m1/s1. The zero-order valence-corrected chi connectivity index (χ0v) is 19.9. The number of nitrogens with one attached hydrogen (secondary N) is 1. The molecular weight excluding hydrogens is 533 g/mol. The van der Waals surface area contributed by atoms with Gasteiger partial charge in [-0.2, -0.15) is 12.9 Å². The SMILES string of the molecule is COC(=O)Cc1cn([C@@H]2O[C@H](COP3(=O)OP(=O)(O)OP(=O)(O)O3)[C@H](O)[C@@H]2OC)c(=O)[nH]c1=O. The molecule has 1 aromatic rings. The molecule has 4 N–H and O–H groups in total. The minimum absolute atomic E-state index is 0.176. The Bertz CT molecular complexity index is 1180. The van der Waals surface area contributed by atoms with Crippen LogP contribution in [-0.2, 0) is 56.6 Å². The summed E-state index contributed by atoms with van der Waals surface area (Å²) < 4.78 is 68.0. The van der Waals surface area contributed by atoms with Crippen molar-refractivity contribution in [1.29, 1.82) is 0 Å². The Kier molecular flexibility index (Phi) is 7.85. The molecule has 2 fully saturated rings. The highest BCUT2D eigenvalue weighted by atomic mass is 31.3. The van der Waals surface area contributed by atoms with Crippen LogP contribution in [0.5, 0.6) is 0 Å². The lowest BCUT2D eigenvalue weighted by Gasteiger charge is -2.27. The van der Waals surface area contributed by atoms with Gasteiger partial charge in [-0.15, -0.1) is 0 Å². The highest BCUT2D eigenvalue weighted by molar-refractivity contribution is 7.74. The summed E-state index contributed by atoms with van der Waals surface area (Å²) in [6.45, 7) is -0.915. The number of carbonyl (C=O) groups excluding carboxylic acids is 1. The first kappa shape index (κ1) is 27.1. The van der Waals surface area contributed by atoms with Crippen molar-refractivity contribution in [1.82, 2.24) is 9.55 Å². The van der Waals surface area contributed by atoms with Crippen molar-refractivity contribution < 1.29 is 65.0 Å². The fraction of sp³-hybridized carbons (Fsp3) is 0.615. The largest absolute Gasteiger partial charge is 0.492 e. The van der Waals surface area contributed by atoms with Crippen LogP contribution in [0.1, 0.15) is 11.8 Å². The van der Waals surface area contributed by atoms with Gasteiger partial charge in [0.15, 0.2) is 6.23 Å². The topological polar surface area (TPSA) is 248 Å². The van der Waals surface area contributed by atoms with Crippen LogP contribution in [0.4, 0.5) is 0 Å². The Balaban J connectivity index is 1.83. The first-order valence-electron chi connectivity index (χ1n) is 9.01. The summed E-state index contributed by atoms with van der Waals surface area (Å²) in [5, 5.41) is 10.5. The van der Waals surface area contributed by atoms with E-state index >= 15 is 0 Å². The second-order valence-electron chi connectivity index (χ2n) is 6.75. The average molecular weight is 552 g/mol. The Morgan fingerprint density at radius 3 is 2.32 bits per heavy atom. The van der Waals surface area contributed by atoms with Gasteiger partial charge in [0, 0.05) is 18.9 Å².